The summed E-state index contributed by atoms with van der Waals surface area (Å²) in [6, 6.07) is 15.4. The number of unbranched alkanes of at least 4 members (excludes halogenated alkanes) is 4. The molecule has 0 bridgehead atoms. The highest BCUT2D eigenvalue weighted by molar-refractivity contribution is 5.91. The smallest absolute Gasteiger partial charge is 0.343 e. The molecule has 2 aromatic rings. The first kappa shape index (κ1) is 30.3. The van der Waals surface area contributed by atoms with Crippen LogP contribution in [0.4, 0.5) is 0 Å². The fourth-order valence-corrected chi connectivity index (χ4v) is 5.61. The summed E-state index contributed by atoms with van der Waals surface area (Å²) in [5, 5.41) is 0. The zero-order valence-corrected chi connectivity index (χ0v) is 24.4. The van der Waals surface area contributed by atoms with Gasteiger partial charge in [0.05, 0.1) is 12.2 Å². The van der Waals surface area contributed by atoms with Crippen molar-refractivity contribution in [2.24, 2.45) is 17.8 Å². The summed E-state index contributed by atoms with van der Waals surface area (Å²) in [5.74, 6) is 3.74. The Morgan fingerprint density at radius 3 is 2.11 bits per heavy atom. The van der Waals surface area contributed by atoms with E-state index in [0.717, 1.165) is 43.0 Å². The molecule has 0 unspecified atom stereocenters. The molecule has 3 nitrogen and oxygen atoms in total. The Morgan fingerprint density at radius 1 is 0.789 bits per heavy atom. The highest BCUT2D eigenvalue weighted by atomic mass is 16.5. The van der Waals surface area contributed by atoms with Crippen molar-refractivity contribution in [3.05, 3.63) is 59.7 Å². The van der Waals surface area contributed by atoms with Crippen molar-refractivity contribution in [1.82, 2.24) is 0 Å². The summed E-state index contributed by atoms with van der Waals surface area (Å²) in [6.45, 7) is 7.59. The van der Waals surface area contributed by atoms with E-state index in [2.05, 4.69) is 32.9 Å². The van der Waals surface area contributed by atoms with E-state index in [1.54, 1.807) is 12.1 Å². The predicted molar refractivity (Wildman–Crippen MR) is 159 cm³/mol. The van der Waals surface area contributed by atoms with Crippen molar-refractivity contribution in [3.63, 3.8) is 0 Å². The van der Waals surface area contributed by atoms with Crippen molar-refractivity contribution in [2.45, 2.75) is 117 Å². The lowest BCUT2D eigenvalue weighted by Gasteiger charge is -2.28. The lowest BCUT2D eigenvalue weighted by molar-refractivity contribution is 0.0734. The predicted octanol–water partition coefficient (Wildman–Crippen LogP) is 10.2. The molecule has 0 amide bonds. The van der Waals surface area contributed by atoms with Crippen LogP contribution in [0.5, 0.6) is 11.5 Å². The van der Waals surface area contributed by atoms with Gasteiger partial charge in [0.2, 0.25) is 0 Å². The van der Waals surface area contributed by atoms with Crippen molar-refractivity contribution in [1.29, 1.82) is 0 Å². The van der Waals surface area contributed by atoms with Crippen LogP contribution in [0, 0.1) is 17.8 Å². The maximum absolute atomic E-state index is 12.6. The van der Waals surface area contributed by atoms with Crippen LogP contribution < -0.4 is 9.47 Å². The second-order valence-corrected chi connectivity index (χ2v) is 11.7. The average molecular weight is 521 g/mol. The number of rotatable bonds is 17. The molecule has 2 aromatic carbocycles. The summed E-state index contributed by atoms with van der Waals surface area (Å²) >= 11 is 0. The minimum absolute atomic E-state index is 0.329. The number of hydrogen-bond acceptors (Lipinski definition) is 3. The van der Waals surface area contributed by atoms with Crippen molar-refractivity contribution >= 4 is 5.97 Å². The standard InChI is InChI=1S/C35H52O3/c1-4-6-8-12-29-13-15-30(16-14-29)17-18-31-19-23-34(24-20-31)38-35(36)32-21-25-33(26-22-32)37-27-10-7-9-11-28(3)5-2/h19-26,28-30H,4-18,27H2,1-3H3/t28-,29?,30?/m0/s1. The Kier molecular flexibility index (Phi) is 13.8. The van der Waals surface area contributed by atoms with Gasteiger partial charge in [0.1, 0.15) is 11.5 Å². The third-order valence-electron chi connectivity index (χ3n) is 8.55. The molecule has 1 aliphatic carbocycles. The minimum atomic E-state index is -0.329. The Bertz CT molecular complexity index is 894. The summed E-state index contributed by atoms with van der Waals surface area (Å²) in [5.41, 5.74) is 1.87. The van der Waals surface area contributed by atoms with Gasteiger partial charge in [-0.2, -0.15) is 0 Å². The molecule has 1 aliphatic rings. The lowest BCUT2D eigenvalue weighted by atomic mass is 9.78. The Balaban J connectivity index is 1.32. The van der Waals surface area contributed by atoms with Crippen LogP contribution in [0.15, 0.2) is 48.5 Å². The molecule has 1 atom stereocenters. The molecule has 0 heterocycles. The molecule has 1 saturated carbocycles. The van der Waals surface area contributed by atoms with E-state index in [-0.39, 0.29) is 5.97 Å². The van der Waals surface area contributed by atoms with Crippen molar-refractivity contribution in [2.75, 3.05) is 6.61 Å². The SMILES string of the molecule is CCCCCC1CCC(CCc2ccc(OC(=O)c3ccc(OCCCCC[C@@H](C)CC)cc3)cc2)CC1. The number of carbonyl (C=O) groups excluding carboxylic acids is 1. The Hall–Kier alpha value is -2.29. The molecular weight excluding hydrogens is 468 g/mol. The van der Waals surface area contributed by atoms with Gasteiger partial charge in [-0.15, -0.1) is 0 Å². The molecule has 3 rings (SSSR count). The highest BCUT2D eigenvalue weighted by Crippen LogP contribution is 2.34. The molecule has 210 valence electrons. The average Bonchev–Trinajstić information content (AvgIpc) is 2.95. The van der Waals surface area contributed by atoms with Gasteiger partial charge in [0, 0.05) is 0 Å². The molecule has 0 aliphatic heterocycles. The van der Waals surface area contributed by atoms with Crippen LogP contribution in [0.1, 0.15) is 127 Å². The van der Waals surface area contributed by atoms with E-state index >= 15 is 0 Å². The maximum Gasteiger partial charge on any atom is 0.343 e. The van der Waals surface area contributed by atoms with Crippen molar-refractivity contribution in [3.8, 4) is 11.5 Å². The fourth-order valence-electron chi connectivity index (χ4n) is 5.61. The van der Waals surface area contributed by atoms with Crippen LogP contribution in [-0.4, -0.2) is 12.6 Å². The largest absolute Gasteiger partial charge is 0.494 e. The van der Waals surface area contributed by atoms with Gasteiger partial charge >= 0.3 is 5.97 Å². The van der Waals surface area contributed by atoms with Crippen LogP contribution in [-0.2, 0) is 6.42 Å². The first-order valence-electron chi connectivity index (χ1n) is 15.6. The van der Waals surface area contributed by atoms with Gasteiger partial charge in [-0.05, 0) is 79.0 Å². The van der Waals surface area contributed by atoms with Crippen LogP contribution in [0.3, 0.4) is 0 Å². The first-order chi connectivity index (χ1) is 18.6. The van der Waals surface area contributed by atoms with E-state index in [9.17, 15) is 4.79 Å². The number of carbonyl (C=O) groups is 1. The Morgan fingerprint density at radius 2 is 1.45 bits per heavy atom. The zero-order chi connectivity index (χ0) is 27.0. The first-order valence-corrected chi connectivity index (χ1v) is 15.6. The van der Waals surface area contributed by atoms with Gasteiger partial charge in [-0.25, -0.2) is 4.79 Å². The second kappa shape index (κ2) is 17.3. The van der Waals surface area contributed by atoms with E-state index in [0.29, 0.717) is 11.3 Å². The zero-order valence-electron chi connectivity index (χ0n) is 24.4. The summed E-state index contributed by atoms with van der Waals surface area (Å²) < 4.78 is 11.5. The second-order valence-electron chi connectivity index (χ2n) is 11.7. The number of ether oxygens (including phenoxy) is 2. The van der Waals surface area contributed by atoms with E-state index < -0.39 is 0 Å². The third kappa shape index (κ3) is 11.2. The molecule has 3 heteroatoms. The summed E-state index contributed by atoms with van der Waals surface area (Å²) in [4.78, 5) is 12.6. The molecular formula is C35H52O3. The van der Waals surface area contributed by atoms with Gasteiger partial charge in [-0.3, -0.25) is 0 Å². The molecule has 0 N–H and O–H groups in total. The molecule has 1 fully saturated rings. The summed E-state index contributed by atoms with van der Waals surface area (Å²) in [6.07, 6.45) is 19.7. The number of hydrogen-bond donors (Lipinski definition) is 0. The third-order valence-corrected chi connectivity index (χ3v) is 8.55. The van der Waals surface area contributed by atoms with Crippen molar-refractivity contribution < 1.29 is 14.3 Å². The van der Waals surface area contributed by atoms with Crippen LogP contribution in [0.25, 0.3) is 0 Å². The van der Waals surface area contributed by atoms with E-state index in [4.69, 9.17) is 9.47 Å². The van der Waals surface area contributed by atoms with Gasteiger partial charge < -0.3 is 9.47 Å². The monoisotopic (exact) mass is 520 g/mol. The van der Waals surface area contributed by atoms with Gasteiger partial charge in [-0.1, -0.05) is 110 Å². The minimum Gasteiger partial charge on any atom is -0.494 e. The topological polar surface area (TPSA) is 35.5 Å². The van der Waals surface area contributed by atoms with Gasteiger partial charge in [0.25, 0.3) is 0 Å². The maximum atomic E-state index is 12.6. The Labute approximate surface area is 232 Å². The number of benzene rings is 2. The van der Waals surface area contributed by atoms with E-state index in [1.165, 1.54) is 89.0 Å². The molecule has 38 heavy (non-hydrogen) atoms. The fraction of sp³-hybridized carbons (Fsp3) is 0.629. The normalized spacial score (nSPS) is 18.2. The molecule has 0 spiro atoms. The number of esters is 1. The lowest BCUT2D eigenvalue weighted by Crippen LogP contribution is -2.15. The van der Waals surface area contributed by atoms with Gasteiger partial charge in [0.15, 0.2) is 0 Å². The summed E-state index contributed by atoms with van der Waals surface area (Å²) in [7, 11) is 0. The molecule has 0 aromatic heterocycles. The van der Waals surface area contributed by atoms with Crippen LogP contribution in [0.2, 0.25) is 0 Å². The van der Waals surface area contributed by atoms with E-state index in [1.807, 2.05) is 24.3 Å². The quantitative estimate of drug-likeness (QED) is 0.118. The number of aryl methyl sites for hydroxylation is 1. The molecule has 0 saturated heterocycles. The van der Waals surface area contributed by atoms with Crippen LogP contribution >= 0.6 is 0 Å². The molecule has 0 radical (unpaired) electrons. The highest BCUT2D eigenvalue weighted by Gasteiger charge is 2.20.